The largest absolute Gasteiger partial charge is 0.434 e. The van der Waals surface area contributed by atoms with E-state index in [1.807, 2.05) is 0 Å². The van der Waals surface area contributed by atoms with Crippen LogP contribution in [0.25, 0.3) is 0 Å². The third-order valence-electron chi connectivity index (χ3n) is 4.97. The van der Waals surface area contributed by atoms with Gasteiger partial charge in [-0.3, -0.25) is 4.79 Å². The molecule has 0 aliphatic heterocycles. The van der Waals surface area contributed by atoms with Crippen LogP contribution in [0.2, 0.25) is 5.02 Å². The Kier molecular flexibility index (Phi) is 6.62. The number of aromatic nitrogens is 2. The fourth-order valence-corrected chi connectivity index (χ4v) is 3.75. The van der Waals surface area contributed by atoms with Gasteiger partial charge in [-0.15, -0.1) is 0 Å². The third kappa shape index (κ3) is 5.59. The molecule has 1 aromatic carbocycles. The Morgan fingerprint density at radius 2 is 2.00 bits per heavy atom. The quantitative estimate of drug-likeness (QED) is 0.681. The topological polar surface area (TPSA) is 58.1 Å². The average Bonchev–Trinajstić information content (AvgIpc) is 2.67. The molecule has 0 radical (unpaired) electrons. The summed E-state index contributed by atoms with van der Waals surface area (Å²) in [6.45, 7) is 0.429. The van der Waals surface area contributed by atoms with Crippen molar-refractivity contribution < 1.29 is 18.0 Å². The molecule has 1 saturated carbocycles. The second-order valence-electron chi connectivity index (χ2n) is 7.28. The Bertz CT molecular complexity index is 869. The molecule has 5 nitrogen and oxygen atoms in total. The van der Waals surface area contributed by atoms with E-state index in [0.29, 0.717) is 23.2 Å². The second-order valence-corrected chi connectivity index (χ2v) is 7.72. The number of anilines is 2. The predicted molar refractivity (Wildman–Crippen MR) is 105 cm³/mol. The molecule has 3 rings (SSSR count). The van der Waals surface area contributed by atoms with Gasteiger partial charge in [-0.25, -0.2) is 9.97 Å². The lowest BCUT2D eigenvalue weighted by Gasteiger charge is -2.27. The number of nitrogens with zero attached hydrogens (tertiary/aromatic N) is 3. The van der Waals surface area contributed by atoms with Crippen molar-refractivity contribution in [3.05, 3.63) is 46.7 Å². The molecular weight excluding hydrogens is 405 g/mol. The molecule has 1 N–H and O–H groups in total. The molecule has 29 heavy (non-hydrogen) atoms. The zero-order chi connectivity index (χ0) is 21.0. The van der Waals surface area contributed by atoms with Gasteiger partial charge in [-0.05, 0) is 37.0 Å². The number of carbonyl (C=O) groups excluding carboxylic acids is 1. The summed E-state index contributed by atoms with van der Waals surface area (Å²) in [4.78, 5) is 21.5. The summed E-state index contributed by atoms with van der Waals surface area (Å²) in [5.41, 5.74) is -1.36. The summed E-state index contributed by atoms with van der Waals surface area (Å²) in [7, 11) is 1.52. The van der Waals surface area contributed by atoms with Gasteiger partial charge in [-0.2, -0.15) is 13.2 Å². The van der Waals surface area contributed by atoms with Crippen molar-refractivity contribution in [3.8, 4) is 0 Å². The highest BCUT2D eigenvalue weighted by Gasteiger charge is 2.39. The summed E-state index contributed by atoms with van der Waals surface area (Å²) in [5.74, 6) is -0.667. The van der Waals surface area contributed by atoms with Crippen LogP contribution in [0, 0.1) is 5.92 Å². The lowest BCUT2D eigenvalue weighted by molar-refractivity contribution is -0.141. The Morgan fingerprint density at radius 3 is 2.66 bits per heavy atom. The van der Waals surface area contributed by atoms with Crippen molar-refractivity contribution in [2.75, 3.05) is 18.9 Å². The summed E-state index contributed by atoms with van der Waals surface area (Å²) in [6, 6.07) is 6.45. The highest BCUT2D eigenvalue weighted by molar-refractivity contribution is 6.30. The van der Waals surface area contributed by atoms with Crippen molar-refractivity contribution >= 4 is 29.1 Å². The van der Waals surface area contributed by atoms with E-state index in [1.54, 1.807) is 18.2 Å². The van der Waals surface area contributed by atoms with Gasteiger partial charge < -0.3 is 10.2 Å². The molecule has 1 aliphatic carbocycles. The first-order valence-corrected chi connectivity index (χ1v) is 9.84. The van der Waals surface area contributed by atoms with Gasteiger partial charge in [0.05, 0.1) is 5.56 Å². The van der Waals surface area contributed by atoms with Gasteiger partial charge >= 0.3 is 6.18 Å². The predicted octanol–water partition coefficient (Wildman–Crippen LogP) is 5.54. The molecule has 1 heterocycles. The van der Waals surface area contributed by atoms with E-state index in [-0.39, 0.29) is 5.95 Å². The third-order valence-corrected chi connectivity index (χ3v) is 5.21. The highest BCUT2D eigenvalue weighted by Crippen LogP contribution is 2.32. The molecule has 1 amide bonds. The monoisotopic (exact) mass is 426 g/mol. The molecule has 9 heteroatoms. The number of hydrogen-bond donors (Lipinski definition) is 1. The van der Waals surface area contributed by atoms with E-state index >= 15 is 0 Å². The van der Waals surface area contributed by atoms with Crippen LogP contribution >= 0.6 is 11.6 Å². The van der Waals surface area contributed by atoms with Crippen molar-refractivity contribution in [3.63, 3.8) is 0 Å². The van der Waals surface area contributed by atoms with Crippen LogP contribution in [0.5, 0.6) is 0 Å². The lowest BCUT2D eigenvalue weighted by atomic mass is 9.89. The van der Waals surface area contributed by atoms with Crippen LogP contribution < -0.4 is 5.32 Å². The molecule has 1 fully saturated rings. The minimum Gasteiger partial charge on any atom is -0.341 e. The molecular formula is C20H22ClF3N4O. The minimum absolute atomic E-state index is 0.258. The number of benzene rings is 1. The average molecular weight is 427 g/mol. The molecule has 0 saturated heterocycles. The number of alkyl halides is 3. The van der Waals surface area contributed by atoms with Gasteiger partial charge in [0, 0.05) is 30.5 Å². The summed E-state index contributed by atoms with van der Waals surface area (Å²) >= 11 is 5.89. The number of nitrogens with one attached hydrogen (secondary N) is 1. The highest BCUT2D eigenvalue weighted by atomic mass is 35.5. The van der Waals surface area contributed by atoms with E-state index < -0.39 is 23.3 Å². The number of rotatable bonds is 5. The standard InChI is InChI=1S/C20H22ClF3N4O/c1-28(12-13-6-3-2-4-7-13)18(29)16-11-25-19(27-17(16)20(22,23)24)26-15-9-5-8-14(21)10-15/h5,8-11,13H,2-4,6-7,12H2,1H3,(H,25,26,27). The van der Waals surface area contributed by atoms with Crippen molar-refractivity contribution in [1.82, 2.24) is 14.9 Å². The van der Waals surface area contributed by atoms with Gasteiger partial charge in [0.2, 0.25) is 5.95 Å². The Morgan fingerprint density at radius 1 is 1.28 bits per heavy atom. The molecule has 0 spiro atoms. The molecule has 1 aliphatic rings. The minimum atomic E-state index is -4.79. The molecule has 0 bridgehead atoms. The van der Waals surface area contributed by atoms with E-state index in [2.05, 4.69) is 15.3 Å². The number of amides is 1. The van der Waals surface area contributed by atoms with Crippen molar-refractivity contribution in [1.29, 1.82) is 0 Å². The van der Waals surface area contributed by atoms with Gasteiger partial charge in [-0.1, -0.05) is 36.9 Å². The van der Waals surface area contributed by atoms with E-state index in [9.17, 15) is 18.0 Å². The zero-order valence-corrected chi connectivity index (χ0v) is 16.7. The molecule has 1 aromatic heterocycles. The van der Waals surface area contributed by atoms with E-state index in [4.69, 9.17) is 11.6 Å². The normalized spacial score (nSPS) is 15.2. The summed E-state index contributed by atoms with van der Waals surface area (Å²) in [6.07, 6.45) is 1.47. The number of halogens is 4. The van der Waals surface area contributed by atoms with Gasteiger partial charge in [0.25, 0.3) is 5.91 Å². The van der Waals surface area contributed by atoms with Crippen LogP contribution in [0.1, 0.15) is 48.2 Å². The van der Waals surface area contributed by atoms with Crippen LogP contribution in [-0.2, 0) is 6.18 Å². The lowest BCUT2D eigenvalue weighted by Crippen LogP contribution is -2.34. The maximum absolute atomic E-state index is 13.6. The molecule has 2 aromatic rings. The molecule has 156 valence electrons. The van der Waals surface area contributed by atoms with E-state index in [0.717, 1.165) is 31.9 Å². The van der Waals surface area contributed by atoms with Crippen molar-refractivity contribution in [2.45, 2.75) is 38.3 Å². The van der Waals surface area contributed by atoms with Crippen LogP contribution in [0.15, 0.2) is 30.5 Å². The zero-order valence-electron chi connectivity index (χ0n) is 16.0. The van der Waals surface area contributed by atoms with Crippen molar-refractivity contribution in [2.24, 2.45) is 5.92 Å². The maximum Gasteiger partial charge on any atom is 0.434 e. The fourth-order valence-electron chi connectivity index (χ4n) is 3.56. The van der Waals surface area contributed by atoms with Crippen LogP contribution in [0.3, 0.4) is 0 Å². The van der Waals surface area contributed by atoms with Gasteiger partial charge in [0.15, 0.2) is 5.69 Å². The Hall–Kier alpha value is -2.35. The smallest absolute Gasteiger partial charge is 0.341 e. The first kappa shape index (κ1) is 21.4. The Balaban J connectivity index is 1.82. The SMILES string of the molecule is CN(CC1CCCCC1)C(=O)c1cnc(Nc2cccc(Cl)c2)nc1C(F)(F)F. The van der Waals surface area contributed by atoms with Crippen LogP contribution in [-0.4, -0.2) is 34.4 Å². The fraction of sp³-hybridized carbons (Fsp3) is 0.450. The summed E-state index contributed by atoms with van der Waals surface area (Å²) in [5, 5.41) is 3.11. The molecule has 0 unspecified atom stereocenters. The summed E-state index contributed by atoms with van der Waals surface area (Å²) < 4.78 is 40.8. The molecule has 0 atom stereocenters. The number of hydrogen-bond acceptors (Lipinski definition) is 4. The first-order valence-electron chi connectivity index (χ1n) is 9.46. The van der Waals surface area contributed by atoms with E-state index in [1.165, 1.54) is 24.4 Å². The number of carbonyl (C=O) groups is 1. The second kappa shape index (κ2) is 8.98. The van der Waals surface area contributed by atoms with Gasteiger partial charge in [0.1, 0.15) is 0 Å². The van der Waals surface area contributed by atoms with Crippen LogP contribution in [0.4, 0.5) is 24.8 Å². The Labute approximate surface area is 172 Å². The first-order chi connectivity index (χ1) is 13.7. The maximum atomic E-state index is 13.6.